The number of hydrogen-bond acceptors (Lipinski definition) is 4. The van der Waals surface area contributed by atoms with Crippen molar-refractivity contribution in [3.63, 3.8) is 0 Å². The van der Waals surface area contributed by atoms with E-state index < -0.39 is 0 Å². The Hall–Kier alpha value is -1.69. The minimum Gasteiger partial charge on any atom is -0.497 e. The number of ether oxygens (including phenoxy) is 1. The lowest BCUT2D eigenvalue weighted by molar-refractivity contribution is -0.135. The third-order valence-electron chi connectivity index (χ3n) is 5.23. The largest absolute Gasteiger partial charge is 0.497 e. The van der Waals surface area contributed by atoms with E-state index >= 15 is 0 Å². The van der Waals surface area contributed by atoms with Crippen molar-refractivity contribution >= 4 is 23.6 Å². The zero-order chi connectivity index (χ0) is 18.7. The zero-order valence-corrected chi connectivity index (χ0v) is 16.7. The fraction of sp³-hybridized carbons (Fsp3) is 0.600. The second-order valence-electron chi connectivity index (χ2n) is 7.46. The summed E-state index contributed by atoms with van der Waals surface area (Å²) in [6, 6.07) is 7.26. The van der Waals surface area contributed by atoms with Gasteiger partial charge in [-0.2, -0.15) is 0 Å². The van der Waals surface area contributed by atoms with Crippen molar-refractivity contribution in [3.8, 4) is 5.75 Å². The van der Waals surface area contributed by atoms with Crippen LogP contribution in [0.15, 0.2) is 24.3 Å². The predicted octanol–water partition coefficient (Wildman–Crippen LogP) is 3.25. The van der Waals surface area contributed by atoms with Crippen LogP contribution in [0.1, 0.15) is 43.5 Å². The van der Waals surface area contributed by atoms with E-state index in [1.807, 2.05) is 40.9 Å². The van der Waals surface area contributed by atoms with Gasteiger partial charge >= 0.3 is 0 Å². The van der Waals surface area contributed by atoms with Gasteiger partial charge in [-0.1, -0.05) is 13.8 Å². The summed E-state index contributed by atoms with van der Waals surface area (Å²) in [4.78, 5) is 29.3. The summed E-state index contributed by atoms with van der Waals surface area (Å²) < 4.78 is 5.15. The first-order valence-corrected chi connectivity index (χ1v) is 10.3. The summed E-state index contributed by atoms with van der Waals surface area (Å²) in [5.41, 5.74) is 0.688. The molecule has 0 atom stereocenters. The Kier molecular flexibility index (Phi) is 5.80. The Morgan fingerprint density at radius 2 is 1.81 bits per heavy atom. The molecule has 2 heterocycles. The normalized spacial score (nSPS) is 19.2. The average molecular weight is 377 g/mol. The van der Waals surface area contributed by atoms with Crippen LogP contribution in [0.2, 0.25) is 0 Å². The van der Waals surface area contributed by atoms with E-state index in [4.69, 9.17) is 4.74 Å². The number of nitrogens with zero attached hydrogens (tertiary/aromatic N) is 2. The molecule has 3 rings (SSSR count). The lowest BCUT2D eigenvalue weighted by Gasteiger charge is -2.44. The third-order valence-corrected chi connectivity index (χ3v) is 6.78. The maximum Gasteiger partial charge on any atom is 0.253 e. The van der Waals surface area contributed by atoms with Gasteiger partial charge < -0.3 is 14.5 Å². The Morgan fingerprint density at radius 1 is 1.15 bits per heavy atom. The smallest absolute Gasteiger partial charge is 0.253 e. The molecule has 26 heavy (non-hydrogen) atoms. The highest BCUT2D eigenvalue weighted by Crippen LogP contribution is 2.44. The Labute approximate surface area is 160 Å². The molecule has 0 radical (unpaired) electrons. The predicted molar refractivity (Wildman–Crippen MR) is 104 cm³/mol. The number of carbonyl (C=O) groups excluding carboxylic acids is 2. The van der Waals surface area contributed by atoms with Crippen LogP contribution in [0.25, 0.3) is 0 Å². The van der Waals surface area contributed by atoms with Crippen LogP contribution in [0.4, 0.5) is 0 Å². The van der Waals surface area contributed by atoms with Gasteiger partial charge in [0.1, 0.15) is 5.75 Å². The molecule has 142 valence electrons. The minimum absolute atomic E-state index is 0.0607. The van der Waals surface area contributed by atoms with Crippen molar-refractivity contribution in [2.75, 3.05) is 32.5 Å². The van der Waals surface area contributed by atoms with E-state index in [0.29, 0.717) is 31.0 Å². The third kappa shape index (κ3) is 3.85. The van der Waals surface area contributed by atoms with E-state index in [1.165, 1.54) is 0 Å². The molecule has 1 spiro atoms. The SMILES string of the molecule is COc1ccc(C(=O)N2CCC3(CC2)SCCN3C(=O)CC(C)C)cc1. The van der Waals surface area contributed by atoms with Gasteiger partial charge in [0.25, 0.3) is 5.91 Å². The Bertz CT molecular complexity index is 652. The molecule has 1 aromatic rings. The summed E-state index contributed by atoms with van der Waals surface area (Å²) in [7, 11) is 1.62. The summed E-state index contributed by atoms with van der Waals surface area (Å²) in [5, 5.41) is 0. The van der Waals surface area contributed by atoms with Gasteiger partial charge in [0, 0.05) is 37.4 Å². The lowest BCUT2D eigenvalue weighted by Crippen LogP contribution is -2.53. The van der Waals surface area contributed by atoms with Crippen molar-refractivity contribution in [2.45, 2.75) is 38.0 Å². The number of piperidine rings is 1. The van der Waals surface area contributed by atoms with Crippen molar-refractivity contribution < 1.29 is 14.3 Å². The first-order valence-electron chi connectivity index (χ1n) is 9.33. The molecule has 0 aromatic heterocycles. The van der Waals surface area contributed by atoms with E-state index in [9.17, 15) is 9.59 Å². The van der Waals surface area contributed by atoms with Crippen LogP contribution < -0.4 is 4.74 Å². The first-order chi connectivity index (χ1) is 12.4. The number of carbonyl (C=O) groups is 2. The second-order valence-corrected chi connectivity index (χ2v) is 8.92. The molecule has 0 aliphatic carbocycles. The maximum absolute atomic E-state index is 12.8. The summed E-state index contributed by atoms with van der Waals surface area (Å²) in [6.07, 6.45) is 2.31. The highest BCUT2D eigenvalue weighted by Gasteiger charge is 2.46. The topological polar surface area (TPSA) is 49.9 Å². The van der Waals surface area contributed by atoms with Gasteiger partial charge in [0.05, 0.1) is 12.0 Å². The molecule has 2 amide bonds. The van der Waals surface area contributed by atoms with Crippen LogP contribution in [-0.2, 0) is 4.79 Å². The Balaban J connectivity index is 1.64. The zero-order valence-electron chi connectivity index (χ0n) is 15.9. The molecule has 0 saturated carbocycles. The van der Waals surface area contributed by atoms with Crippen LogP contribution >= 0.6 is 11.8 Å². The Morgan fingerprint density at radius 3 is 2.38 bits per heavy atom. The molecule has 6 heteroatoms. The average Bonchev–Trinajstić information content (AvgIpc) is 3.04. The fourth-order valence-corrected chi connectivity index (χ4v) is 5.28. The van der Waals surface area contributed by atoms with Gasteiger partial charge in [0.15, 0.2) is 0 Å². The monoisotopic (exact) mass is 376 g/mol. The fourth-order valence-electron chi connectivity index (χ4n) is 3.81. The highest BCUT2D eigenvalue weighted by atomic mass is 32.2. The molecule has 0 bridgehead atoms. The van der Waals surface area contributed by atoms with Gasteiger partial charge in [0.2, 0.25) is 5.91 Å². The van der Waals surface area contributed by atoms with E-state index in [1.54, 1.807) is 7.11 Å². The number of amides is 2. The number of benzene rings is 1. The van der Waals surface area contributed by atoms with Gasteiger partial charge in [-0.3, -0.25) is 9.59 Å². The summed E-state index contributed by atoms with van der Waals surface area (Å²) in [5.74, 6) is 2.45. The molecule has 5 nitrogen and oxygen atoms in total. The van der Waals surface area contributed by atoms with Crippen molar-refractivity contribution in [2.24, 2.45) is 5.92 Å². The summed E-state index contributed by atoms with van der Waals surface area (Å²) in [6.45, 7) is 6.41. The molecule has 0 N–H and O–H groups in total. The van der Waals surface area contributed by atoms with Crippen molar-refractivity contribution in [1.82, 2.24) is 9.80 Å². The molecular formula is C20H28N2O3S. The molecule has 2 aliphatic heterocycles. The second kappa shape index (κ2) is 7.91. The molecular weight excluding hydrogens is 348 g/mol. The number of likely N-dealkylation sites (tertiary alicyclic amines) is 1. The van der Waals surface area contributed by atoms with Crippen LogP contribution in [0.5, 0.6) is 5.75 Å². The molecule has 2 aliphatic rings. The van der Waals surface area contributed by atoms with E-state index in [0.717, 1.165) is 30.9 Å². The van der Waals surface area contributed by atoms with Crippen molar-refractivity contribution in [3.05, 3.63) is 29.8 Å². The minimum atomic E-state index is -0.108. The standard InChI is InChI=1S/C20H28N2O3S/c1-15(2)14-18(23)22-12-13-26-20(22)8-10-21(11-9-20)19(24)16-4-6-17(25-3)7-5-16/h4-7,15H,8-14H2,1-3H3. The lowest BCUT2D eigenvalue weighted by atomic mass is 9.99. The molecule has 2 fully saturated rings. The number of hydrogen-bond donors (Lipinski definition) is 0. The van der Waals surface area contributed by atoms with Crippen molar-refractivity contribution in [1.29, 1.82) is 0 Å². The van der Waals surface area contributed by atoms with Crippen LogP contribution in [0, 0.1) is 5.92 Å². The molecule has 0 unspecified atom stereocenters. The summed E-state index contributed by atoms with van der Waals surface area (Å²) >= 11 is 1.89. The van der Waals surface area contributed by atoms with Crippen LogP contribution in [-0.4, -0.2) is 59.0 Å². The molecule has 2 saturated heterocycles. The van der Waals surface area contributed by atoms with Crippen LogP contribution in [0.3, 0.4) is 0 Å². The first kappa shape index (κ1) is 19.1. The van der Waals surface area contributed by atoms with Gasteiger partial charge in [-0.15, -0.1) is 11.8 Å². The highest BCUT2D eigenvalue weighted by molar-refractivity contribution is 8.00. The van der Waals surface area contributed by atoms with E-state index in [-0.39, 0.29) is 16.7 Å². The quantitative estimate of drug-likeness (QED) is 0.809. The maximum atomic E-state index is 12.8. The van der Waals surface area contributed by atoms with Gasteiger partial charge in [-0.05, 0) is 43.0 Å². The number of rotatable bonds is 4. The van der Waals surface area contributed by atoms with Gasteiger partial charge in [-0.25, -0.2) is 0 Å². The molecule has 1 aromatic carbocycles. The van der Waals surface area contributed by atoms with E-state index in [2.05, 4.69) is 18.7 Å². The number of thioether (sulfide) groups is 1. The number of methoxy groups -OCH3 is 1.